The van der Waals surface area contributed by atoms with Gasteiger partial charge in [0.25, 0.3) is 0 Å². The molecule has 0 bridgehead atoms. The van der Waals surface area contributed by atoms with Gasteiger partial charge in [0.2, 0.25) is 0 Å². The van der Waals surface area contributed by atoms with Gasteiger partial charge in [-0.05, 0) is 41.8 Å². The maximum Gasteiger partial charge on any atom is 0.123 e. The molecule has 4 aromatic rings. The predicted octanol–water partition coefficient (Wildman–Crippen LogP) is 5.63. The zero-order chi connectivity index (χ0) is 16.4. The molecule has 3 aromatic carbocycles. The van der Waals surface area contributed by atoms with Crippen LogP contribution in [-0.2, 0) is 6.42 Å². The summed E-state index contributed by atoms with van der Waals surface area (Å²) >= 11 is 0. The third-order valence-electron chi connectivity index (χ3n) is 4.16. The zero-order valence-electron chi connectivity index (χ0n) is 13.1. The van der Waals surface area contributed by atoms with Gasteiger partial charge in [0.15, 0.2) is 0 Å². The Hall–Kier alpha value is -3.00. The SMILES string of the molecule is Fc1ccc2nc(-c3ccccc3)cc(Cc3ccccc3)c2c1. The molecule has 2 heteroatoms. The third kappa shape index (κ3) is 2.91. The van der Waals surface area contributed by atoms with Gasteiger partial charge in [0.05, 0.1) is 11.2 Å². The summed E-state index contributed by atoms with van der Waals surface area (Å²) in [6, 6.07) is 27.2. The van der Waals surface area contributed by atoms with E-state index in [-0.39, 0.29) is 5.82 Å². The molecule has 0 saturated heterocycles. The average Bonchev–Trinajstić information content (AvgIpc) is 2.63. The summed E-state index contributed by atoms with van der Waals surface area (Å²) in [6.45, 7) is 0. The highest BCUT2D eigenvalue weighted by atomic mass is 19.1. The molecular formula is C22H16FN. The Bertz CT molecular complexity index is 979. The molecule has 0 saturated carbocycles. The van der Waals surface area contributed by atoms with Gasteiger partial charge in [0.1, 0.15) is 5.82 Å². The van der Waals surface area contributed by atoms with Crippen LogP contribution in [0, 0.1) is 5.82 Å². The molecule has 1 nitrogen and oxygen atoms in total. The van der Waals surface area contributed by atoms with E-state index < -0.39 is 0 Å². The summed E-state index contributed by atoms with van der Waals surface area (Å²) in [5.41, 5.74) is 5.10. The molecule has 116 valence electrons. The van der Waals surface area contributed by atoms with E-state index in [0.717, 1.165) is 34.1 Å². The van der Waals surface area contributed by atoms with Gasteiger partial charge in [-0.25, -0.2) is 9.37 Å². The van der Waals surface area contributed by atoms with E-state index in [9.17, 15) is 4.39 Å². The van der Waals surface area contributed by atoms with Crippen molar-refractivity contribution < 1.29 is 4.39 Å². The van der Waals surface area contributed by atoms with Gasteiger partial charge >= 0.3 is 0 Å². The molecule has 24 heavy (non-hydrogen) atoms. The fourth-order valence-electron chi connectivity index (χ4n) is 2.99. The Labute approximate surface area is 140 Å². The fourth-order valence-corrected chi connectivity index (χ4v) is 2.99. The van der Waals surface area contributed by atoms with E-state index >= 15 is 0 Å². The van der Waals surface area contributed by atoms with Crippen molar-refractivity contribution in [2.45, 2.75) is 6.42 Å². The number of rotatable bonds is 3. The van der Waals surface area contributed by atoms with Crippen LogP contribution in [0.5, 0.6) is 0 Å². The molecule has 0 aliphatic rings. The lowest BCUT2D eigenvalue weighted by Gasteiger charge is -2.10. The molecule has 0 atom stereocenters. The molecule has 0 fully saturated rings. The van der Waals surface area contributed by atoms with E-state index in [1.54, 1.807) is 12.1 Å². The Morgan fingerprint density at radius 3 is 2.21 bits per heavy atom. The maximum absolute atomic E-state index is 13.8. The number of nitrogens with zero attached hydrogens (tertiary/aromatic N) is 1. The number of hydrogen-bond acceptors (Lipinski definition) is 1. The van der Waals surface area contributed by atoms with Gasteiger partial charge in [-0.1, -0.05) is 60.7 Å². The number of halogens is 1. The number of aromatic nitrogens is 1. The van der Waals surface area contributed by atoms with E-state index in [2.05, 4.69) is 18.2 Å². The second-order valence-electron chi connectivity index (χ2n) is 5.86. The van der Waals surface area contributed by atoms with Crippen LogP contribution in [0.2, 0.25) is 0 Å². The van der Waals surface area contributed by atoms with Crippen LogP contribution in [0.3, 0.4) is 0 Å². The fraction of sp³-hybridized carbons (Fsp3) is 0.0455. The number of benzene rings is 3. The Balaban J connectivity index is 1.90. The summed E-state index contributed by atoms with van der Waals surface area (Å²) in [4.78, 5) is 4.72. The molecular weight excluding hydrogens is 297 g/mol. The van der Waals surface area contributed by atoms with Gasteiger partial charge in [-0.2, -0.15) is 0 Å². The van der Waals surface area contributed by atoms with Gasteiger partial charge < -0.3 is 0 Å². The quantitative estimate of drug-likeness (QED) is 0.477. The lowest BCUT2D eigenvalue weighted by Crippen LogP contribution is -1.95. The second-order valence-corrected chi connectivity index (χ2v) is 5.86. The van der Waals surface area contributed by atoms with Gasteiger partial charge in [-0.15, -0.1) is 0 Å². The molecule has 4 rings (SSSR count). The lowest BCUT2D eigenvalue weighted by molar-refractivity contribution is 0.629. The van der Waals surface area contributed by atoms with Crippen LogP contribution in [0.15, 0.2) is 84.9 Å². The monoisotopic (exact) mass is 313 g/mol. The van der Waals surface area contributed by atoms with E-state index in [4.69, 9.17) is 4.98 Å². The highest BCUT2D eigenvalue weighted by molar-refractivity contribution is 5.85. The largest absolute Gasteiger partial charge is 0.248 e. The van der Waals surface area contributed by atoms with Gasteiger partial charge in [0, 0.05) is 10.9 Å². The number of pyridine rings is 1. The van der Waals surface area contributed by atoms with Crippen LogP contribution >= 0.6 is 0 Å². The minimum absolute atomic E-state index is 0.230. The normalized spacial score (nSPS) is 10.9. The smallest absolute Gasteiger partial charge is 0.123 e. The molecule has 0 unspecified atom stereocenters. The lowest BCUT2D eigenvalue weighted by atomic mass is 9.98. The van der Waals surface area contributed by atoms with Gasteiger partial charge in [-0.3, -0.25) is 0 Å². The van der Waals surface area contributed by atoms with Crippen LogP contribution in [0.4, 0.5) is 4.39 Å². The van der Waals surface area contributed by atoms with E-state index in [0.29, 0.717) is 0 Å². The first-order valence-electron chi connectivity index (χ1n) is 7.98. The first-order valence-corrected chi connectivity index (χ1v) is 7.98. The molecule has 1 heterocycles. The Morgan fingerprint density at radius 1 is 0.750 bits per heavy atom. The average molecular weight is 313 g/mol. The van der Waals surface area contributed by atoms with Crippen molar-refractivity contribution in [3.05, 3.63) is 102 Å². The van der Waals surface area contributed by atoms with Crippen LogP contribution < -0.4 is 0 Å². The highest BCUT2D eigenvalue weighted by Crippen LogP contribution is 2.27. The van der Waals surface area contributed by atoms with Crippen LogP contribution in [0.25, 0.3) is 22.2 Å². The molecule has 1 aromatic heterocycles. The Morgan fingerprint density at radius 2 is 1.46 bits per heavy atom. The van der Waals surface area contributed by atoms with Crippen molar-refractivity contribution >= 4 is 10.9 Å². The van der Waals surface area contributed by atoms with Crippen molar-refractivity contribution in [3.63, 3.8) is 0 Å². The minimum Gasteiger partial charge on any atom is -0.248 e. The first-order chi connectivity index (χ1) is 11.8. The number of fused-ring (bicyclic) bond motifs is 1. The van der Waals surface area contributed by atoms with Crippen molar-refractivity contribution in [2.24, 2.45) is 0 Å². The molecule has 0 aliphatic carbocycles. The summed E-state index contributed by atoms with van der Waals surface area (Å²) in [6.07, 6.45) is 0.753. The van der Waals surface area contributed by atoms with E-state index in [1.165, 1.54) is 11.6 Å². The van der Waals surface area contributed by atoms with Crippen LogP contribution in [-0.4, -0.2) is 4.98 Å². The summed E-state index contributed by atoms with van der Waals surface area (Å²) < 4.78 is 13.8. The van der Waals surface area contributed by atoms with E-state index in [1.807, 2.05) is 48.5 Å². The summed E-state index contributed by atoms with van der Waals surface area (Å²) in [5.74, 6) is -0.230. The van der Waals surface area contributed by atoms with Crippen molar-refractivity contribution in [2.75, 3.05) is 0 Å². The summed E-state index contributed by atoms with van der Waals surface area (Å²) in [5, 5.41) is 0.874. The highest BCUT2D eigenvalue weighted by Gasteiger charge is 2.09. The molecule has 0 spiro atoms. The molecule has 0 radical (unpaired) electrons. The molecule has 0 aliphatic heterocycles. The van der Waals surface area contributed by atoms with Crippen molar-refractivity contribution in [1.82, 2.24) is 4.98 Å². The molecule has 0 N–H and O–H groups in total. The number of hydrogen-bond donors (Lipinski definition) is 0. The second kappa shape index (κ2) is 6.25. The van der Waals surface area contributed by atoms with Crippen molar-refractivity contribution in [3.8, 4) is 11.3 Å². The molecule has 0 amide bonds. The first kappa shape index (κ1) is 14.6. The zero-order valence-corrected chi connectivity index (χ0v) is 13.1. The maximum atomic E-state index is 13.8. The van der Waals surface area contributed by atoms with Crippen molar-refractivity contribution in [1.29, 1.82) is 0 Å². The third-order valence-corrected chi connectivity index (χ3v) is 4.16. The van der Waals surface area contributed by atoms with Crippen LogP contribution in [0.1, 0.15) is 11.1 Å². The standard InChI is InChI=1S/C22H16FN/c23-19-11-12-21-20(15-19)18(13-16-7-3-1-4-8-16)14-22(24-21)17-9-5-2-6-10-17/h1-12,14-15H,13H2. The minimum atomic E-state index is -0.230. The Kier molecular flexibility index (Phi) is 3.80. The summed E-state index contributed by atoms with van der Waals surface area (Å²) in [7, 11) is 0. The topological polar surface area (TPSA) is 12.9 Å². The predicted molar refractivity (Wildman–Crippen MR) is 96.4 cm³/mol.